The molecule has 0 aliphatic heterocycles. The smallest absolute Gasteiger partial charge is 0.214 e. The van der Waals surface area contributed by atoms with Gasteiger partial charge in [-0.05, 0) is 41.5 Å². The second kappa shape index (κ2) is 5.97. The molecule has 0 aliphatic carbocycles. The van der Waals surface area contributed by atoms with Crippen molar-refractivity contribution in [3.8, 4) is 5.69 Å². The number of aromatic nitrogens is 4. The van der Waals surface area contributed by atoms with E-state index in [2.05, 4.69) is 28.5 Å². The van der Waals surface area contributed by atoms with Gasteiger partial charge in [0.25, 0.3) is 0 Å². The second-order valence-electron chi connectivity index (χ2n) is 6.05. The molecule has 2 rings (SSSR count). The van der Waals surface area contributed by atoms with Crippen molar-refractivity contribution >= 4 is 17.5 Å². The number of carbonyl (C=O) groups excluding carboxylic acids is 1. The summed E-state index contributed by atoms with van der Waals surface area (Å²) in [5.41, 5.74) is 2.93. The zero-order valence-electron chi connectivity index (χ0n) is 13.0. The van der Waals surface area contributed by atoms with E-state index in [4.69, 9.17) is 0 Å². The topological polar surface area (TPSA) is 60.7 Å². The predicted molar refractivity (Wildman–Crippen MR) is 83.8 cm³/mol. The van der Waals surface area contributed by atoms with Crippen LogP contribution in [0.2, 0.25) is 0 Å². The van der Waals surface area contributed by atoms with Crippen molar-refractivity contribution in [3.63, 3.8) is 0 Å². The van der Waals surface area contributed by atoms with Gasteiger partial charge in [0.05, 0.1) is 11.4 Å². The summed E-state index contributed by atoms with van der Waals surface area (Å²) in [6, 6.07) is 6.02. The van der Waals surface area contributed by atoms with Gasteiger partial charge in [-0.2, -0.15) is 4.68 Å². The Balaban J connectivity index is 2.24. The number of ketones is 1. The van der Waals surface area contributed by atoms with Crippen LogP contribution in [0.1, 0.15) is 31.9 Å². The van der Waals surface area contributed by atoms with Gasteiger partial charge in [-0.3, -0.25) is 4.79 Å². The van der Waals surface area contributed by atoms with Crippen LogP contribution in [0.4, 0.5) is 0 Å². The fourth-order valence-electron chi connectivity index (χ4n) is 1.73. The van der Waals surface area contributed by atoms with Gasteiger partial charge in [0.2, 0.25) is 5.16 Å². The van der Waals surface area contributed by atoms with E-state index < -0.39 is 0 Å². The average molecular weight is 304 g/mol. The number of carbonyl (C=O) groups is 1. The fraction of sp³-hybridized carbons (Fsp3) is 0.467. The highest BCUT2D eigenvalue weighted by Gasteiger charge is 2.22. The monoisotopic (exact) mass is 304 g/mol. The Kier molecular flexibility index (Phi) is 4.46. The maximum absolute atomic E-state index is 12.0. The van der Waals surface area contributed by atoms with Gasteiger partial charge in [-0.15, -0.1) is 5.10 Å². The third-order valence-corrected chi connectivity index (χ3v) is 4.33. The molecule has 1 aromatic carbocycles. The molecular weight excluding hydrogens is 284 g/mol. The van der Waals surface area contributed by atoms with E-state index in [0.29, 0.717) is 10.9 Å². The lowest BCUT2D eigenvalue weighted by Crippen LogP contribution is -2.22. The van der Waals surface area contributed by atoms with Crippen molar-refractivity contribution in [1.82, 2.24) is 20.2 Å². The summed E-state index contributed by atoms with van der Waals surface area (Å²) in [5, 5.41) is 12.5. The van der Waals surface area contributed by atoms with Gasteiger partial charge in [0.1, 0.15) is 5.78 Å². The van der Waals surface area contributed by atoms with Gasteiger partial charge in [0, 0.05) is 5.41 Å². The van der Waals surface area contributed by atoms with Crippen LogP contribution in [0.5, 0.6) is 0 Å². The van der Waals surface area contributed by atoms with Crippen LogP contribution in [0.3, 0.4) is 0 Å². The summed E-state index contributed by atoms with van der Waals surface area (Å²) in [4.78, 5) is 12.0. The van der Waals surface area contributed by atoms with E-state index in [9.17, 15) is 4.79 Å². The normalized spacial score (nSPS) is 11.7. The molecule has 0 fully saturated rings. The van der Waals surface area contributed by atoms with Crippen LogP contribution >= 0.6 is 11.8 Å². The van der Waals surface area contributed by atoms with Crippen molar-refractivity contribution in [1.29, 1.82) is 0 Å². The number of nitrogens with zero attached hydrogens (tertiary/aromatic N) is 4. The van der Waals surface area contributed by atoms with Crippen LogP contribution in [-0.4, -0.2) is 31.7 Å². The zero-order chi connectivity index (χ0) is 15.6. The van der Waals surface area contributed by atoms with Gasteiger partial charge >= 0.3 is 0 Å². The molecule has 0 radical (unpaired) electrons. The Labute approximate surface area is 129 Å². The highest BCUT2D eigenvalue weighted by atomic mass is 32.2. The number of benzene rings is 1. The summed E-state index contributed by atoms with van der Waals surface area (Å²) >= 11 is 1.38. The summed E-state index contributed by atoms with van der Waals surface area (Å²) in [6.07, 6.45) is 0. The standard InChI is InChI=1S/C15H20N4OS/c1-10-7-6-8-12(11(10)2)19-14(16-17-18-19)21-9-13(20)15(3,4)5/h6-8H,9H2,1-5H3. The first-order chi connectivity index (χ1) is 9.80. The third kappa shape index (κ3) is 3.50. The molecule has 0 spiro atoms. The molecule has 0 N–H and O–H groups in total. The Morgan fingerprint density at radius 2 is 2.00 bits per heavy atom. The molecule has 5 nitrogen and oxygen atoms in total. The molecule has 0 atom stereocenters. The maximum Gasteiger partial charge on any atom is 0.214 e. The number of hydrogen-bond acceptors (Lipinski definition) is 5. The first kappa shape index (κ1) is 15.7. The maximum atomic E-state index is 12.0. The van der Waals surface area contributed by atoms with Crippen LogP contribution in [0.25, 0.3) is 5.69 Å². The molecule has 0 unspecified atom stereocenters. The van der Waals surface area contributed by atoms with Crippen LogP contribution in [0.15, 0.2) is 23.4 Å². The molecule has 6 heteroatoms. The van der Waals surface area contributed by atoms with E-state index in [1.165, 1.54) is 17.3 Å². The molecule has 0 bridgehead atoms. The zero-order valence-corrected chi connectivity index (χ0v) is 13.9. The van der Waals surface area contributed by atoms with Crippen LogP contribution < -0.4 is 0 Å². The minimum atomic E-state index is -0.343. The number of rotatable bonds is 4. The minimum Gasteiger partial charge on any atom is -0.298 e. The quantitative estimate of drug-likeness (QED) is 0.813. The van der Waals surface area contributed by atoms with E-state index in [1.54, 1.807) is 4.68 Å². The lowest BCUT2D eigenvalue weighted by molar-refractivity contribution is -0.123. The third-order valence-electron chi connectivity index (χ3n) is 3.41. The Morgan fingerprint density at radius 3 is 2.67 bits per heavy atom. The van der Waals surface area contributed by atoms with Gasteiger partial charge < -0.3 is 0 Å². The molecule has 2 aromatic rings. The predicted octanol–water partition coefficient (Wildman–Crippen LogP) is 2.99. The molecule has 0 saturated carbocycles. The summed E-state index contributed by atoms with van der Waals surface area (Å²) in [5.74, 6) is 0.553. The summed E-state index contributed by atoms with van der Waals surface area (Å²) in [7, 11) is 0. The first-order valence-electron chi connectivity index (χ1n) is 6.82. The van der Waals surface area contributed by atoms with Gasteiger partial charge in [0.15, 0.2) is 0 Å². The lowest BCUT2D eigenvalue weighted by Gasteiger charge is -2.15. The van der Waals surface area contributed by atoms with E-state index in [0.717, 1.165) is 11.3 Å². The molecule has 0 amide bonds. The Bertz CT molecular complexity index is 658. The molecule has 1 heterocycles. The van der Waals surface area contributed by atoms with E-state index in [1.807, 2.05) is 39.8 Å². The van der Waals surface area contributed by atoms with Crippen molar-refractivity contribution in [2.75, 3.05) is 5.75 Å². The van der Waals surface area contributed by atoms with E-state index in [-0.39, 0.29) is 11.2 Å². The van der Waals surface area contributed by atoms with Gasteiger partial charge in [-0.1, -0.05) is 44.7 Å². The largest absolute Gasteiger partial charge is 0.298 e. The second-order valence-corrected chi connectivity index (χ2v) is 7.00. The summed E-state index contributed by atoms with van der Waals surface area (Å²) in [6.45, 7) is 9.86. The molecule has 0 aliphatic rings. The number of thioether (sulfide) groups is 1. The Morgan fingerprint density at radius 1 is 1.29 bits per heavy atom. The minimum absolute atomic E-state index is 0.183. The lowest BCUT2D eigenvalue weighted by atomic mass is 9.92. The number of hydrogen-bond donors (Lipinski definition) is 0. The fourth-order valence-corrected chi connectivity index (χ4v) is 2.78. The van der Waals surface area contributed by atoms with Crippen molar-refractivity contribution in [2.24, 2.45) is 5.41 Å². The molecule has 21 heavy (non-hydrogen) atoms. The molecule has 112 valence electrons. The number of aryl methyl sites for hydroxylation is 1. The number of tetrazole rings is 1. The number of Topliss-reactive ketones (excluding diaryl/α,β-unsaturated/α-hetero) is 1. The first-order valence-corrected chi connectivity index (χ1v) is 7.80. The van der Waals surface area contributed by atoms with E-state index >= 15 is 0 Å². The highest BCUT2D eigenvalue weighted by Crippen LogP contribution is 2.25. The van der Waals surface area contributed by atoms with Crippen molar-refractivity contribution < 1.29 is 4.79 Å². The van der Waals surface area contributed by atoms with Crippen LogP contribution in [0, 0.1) is 19.3 Å². The summed E-state index contributed by atoms with van der Waals surface area (Å²) < 4.78 is 1.70. The Hall–Kier alpha value is -1.69. The van der Waals surface area contributed by atoms with Crippen LogP contribution in [-0.2, 0) is 4.79 Å². The van der Waals surface area contributed by atoms with Crippen molar-refractivity contribution in [3.05, 3.63) is 29.3 Å². The van der Waals surface area contributed by atoms with Gasteiger partial charge in [-0.25, -0.2) is 0 Å². The average Bonchev–Trinajstić information content (AvgIpc) is 2.86. The SMILES string of the molecule is Cc1cccc(-n2nnnc2SCC(=O)C(C)(C)C)c1C. The highest BCUT2D eigenvalue weighted by molar-refractivity contribution is 7.99. The molecule has 1 aromatic heterocycles. The molecular formula is C15H20N4OS. The molecule has 0 saturated heterocycles. The van der Waals surface area contributed by atoms with Crippen molar-refractivity contribution in [2.45, 2.75) is 39.8 Å².